The summed E-state index contributed by atoms with van der Waals surface area (Å²) in [6, 6.07) is 19.8. The van der Waals surface area contributed by atoms with Crippen LogP contribution >= 0.6 is 0 Å². The van der Waals surface area contributed by atoms with Crippen LogP contribution in [-0.4, -0.2) is 41.4 Å². The van der Waals surface area contributed by atoms with Gasteiger partial charge < -0.3 is 17.0 Å². The summed E-state index contributed by atoms with van der Waals surface area (Å²) < 4.78 is 1.62. The van der Waals surface area contributed by atoms with E-state index in [2.05, 4.69) is 59.0 Å². The zero-order valence-electron chi connectivity index (χ0n) is 13.2. The van der Waals surface area contributed by atoms with Crippen molar-refractivity contribution in [2.45, 2.75) is 28.7 Å². The third-order valence-electron chi connectivity index (χ3n) is 2.80. The molecule has 0 aliphatic carbocycles. The molecule has 0 aliphatic heterocycles. The first-order valence-corrected chi connectivity index (χ1v) is 16.4. The van der Waals surface area contributed by atoms with Gasteiger partial charge in [-0.2, -0.15) is 35.9 Å². The summed E-state index contributed by atoms with van der Waals surface area (Å²) in [6.07, 6.45) is 0. The fourth-order valence-electron chi connectivity index (χ4n) is 1.52. The van der Waals surface area contributed by atoms with Crippen molar-refractivity contribution in [2.24, 2.45) is 0 Å². The van der Waals surface area contributed by atoms with E-state index < -0.39 is 18.4 Å². The predicted octanol–water partition coefficient (Wildman–Crippen LogP) is 0.959. The summed E-state index contributed by atoms with van der Waals surface area (Å²) in [5, 5.41) is 0. The molecule has 0 nitrogen and oxygen atoms in total. The van der Waals surface area contributed by atoms with E-state index in [0.717, 1.165) is 0 Å². The molecular weight excluding hydrogens is 427 g/mol. The maximum atomic E-state index is 2.93. The van der Waals surface area contributed by atoms with E-state index in [1.54, 1.807) is 3.58 Å². The topological polar surface area (TPSA) is 0 Å². The molecule has 0 saturated heterocycles. The van der Waals surface area contributed by atoms with Crippen molar-refractivity contribution < 1.29 is 17.0 Å². The molecule has 2 aromatic rings. The maximum absolute atomic E-state index is 2.93. The summed E-state index contributed by atoms with van der Waals surface area (Å²) in [5.41, 5.74) is 2.66. The number of halogens is 1. The monoisotopic (exact) mass is 450 g/mol. The Labute approximate surface area is 155 Å². The first-order chi connectivity index (χ1) is 8.39. The molecule has 0 saturated carbocycles. The molecule has 0 atom stereocenters. The smallest absolute Gasteiger partial charge is 1.00 e. The first-order valence-electron chi connectivity index (χ1n) is 6.39. The second kappa shape index (κ2) is 11.1. The predicted molar refractivity (Wildman–Crippen MR) is 89.9 cm³/mol. The number of rotatable bonds is 1. The second-order valence-electron chi connectivity index (χ2n) is 5.69. The fourth-order valence-corrected chi connectivity index (χ4v) is 4.85. The van der Waals surface area contributed by atoms with Crippen LogP contribution in [0.4, 0.5) is 0 Å². The van der Waals surface area contributed by atoms with Gasteiger partial charge in [-0.05, 0) is 0 Å². The van der Waals surface area contributed by atoms with Crippen molar-refractivity contribution in [1.82, 2.24) is 0 Å². The minimum atomic E-state index is -1.74. The van der Waals surface area contributed by atoms with E-state index in [4.69, 9.17) is 0 Å². The third-order valence-corrected chi connectivity index (χ3v) is 8.70. The Morgan fingerprint density at radius 1 is 0.750 bits per heavy atom. The Morgan fingerprint density at radius 3 is 1.45 bits per heavy atom. The molecule has 0 radical (unpaired) electrons. The van der Waals surface area contributed by atoms with Crippen LogP contribution in [0.25, 0.3) is 0 Å². The Balaban J connectivity index is 0. The summed E-state index contributed by atoms with van der Waals surface area (Å²) in [6.45, 7) is 4.20. The van der Waals surface area contributed by atoms with Crippen LogP contribution in [0.3, 0.4) is 0 Å². The Hall–Kier alpha value is 0.485. The van der Waals surface area contributed by atoms with Crippen molar-refractivity contribution in [1.29, 1.82) is 0 Å². The number of benzene rings is 2. The summed E-state index contributed by atoms with van der Waals surface area (Å²) in [4.78, 5) is 7.33. The molecule has 0 aliphatic rings. The summed E-state index contributed by atoms with van der Waals surface area (Å²) >= 11 is -1.74. The number of aryl methyl sites for hydroxylation is 2. The molecule has 0 unspecified atom stereocenters. The Bertz CT molecular complexity index is 461. The molecule has 0 amide bonds. The fraction of sp³-hybridized carbons (Fsp3) is 0.294. The van der Waals surface area contributed by atoms with Gasteiger partial charge in [0.25, 0.3) is 0 Å². The summed E-state index contributed by atoms with van der Waals surface area (Å²) in [5.74, 6) is 0. The summed E-state index contributed by atoms with van der Waals surface area (Å²) in [7, 11) is 0. The quantitative estimate of drug-likeness (QED) is 0.449. The van der Waals surface area contributed by atoms with Crippen molar-refractivity contribution >= 4 is 45.0 Å². The van der Waals surface area contributed by atoms with Crippen molar-refractivity contribution in [2.75, 3.05) is 0 Å². The molecule has 0 fully saturated rings. The molecule has 0 spiro atoms. The van der Waals surface area contributed by atoms with Crippen LogP contribution in [0.15, 0.2) is 48.5 Å². The van der Waals surface area contributed by atoms with E-state index in [1.807, 2.05) is 24.3 Å². The van der Waals surface area contributed by atoms with Gasteiger partial charge in [-0.25, -0.2) is 0 Å². The van der Waals surface area contributed by atoms with Crippen LogP contribution in [0.2, 0.25) is 14.8 Å². The van der Waals surface area contributed by atoms with Gasteiger partial charge in [0.15, 0.2) is 0 Å². The largest absolute Gasteiger partial charge is 2.00 e. The van der Waals surface area contributed by atoms with Crippen molar-refractivity contribution in [3.05, 3.63) is 65.7 Å². The van der Waals surface area contributed by atoms with Gasteiger partial charge in [-0.1, -0.05) is 6.92 Å². The molecule has 0 aromatic heterocycles. The van der Waals surface area contributed by atoms with Gasteiger partial charge in [0, 0.05) is 0 Å². The number of hydrogen-bond donors (Lipinski definition) is 0. The van der Waals surface area contributed by atoms with Crippen LogP contribution in [0, 0.1) is 19.9 Å². The zero-order valence-corrected chi connectivity index (χ0v) is 19.1. The van der Waals surface area contributed by atoms with Crippen molar-refractivity contribution in [3.63, 3.8) is 0 Å². The standard InChI is InChI=1S/2C7H7.3CH3.BrH.Mg.Sn/c2*1-7-5-3-2-4-6-7;;;;;;/h2*3-6H,1H3;3*1H3;1H;;/q;-1;;;;;+2;/p-1. The maximum Gasteiger partial charge on any atom is 2.00 e. The van der Waals surface area contributed by atoms with Gasteiger partial charge in [-0.15, -0.1) is 0 Å². The van der Waals surface area contributed by atoms with Crippen LogP contribution in [-0.2, 0) is 0 Å². The van der Waals surface area contributed by atoms with E-state index in [0.29, 0.717) is 0 Å². The molecule has 2 aromatic carbocycles. The minimum absolute atomic E-state index is 0. The molecule has 0 N–H and O–H groups in total. The van der Waals surface area contributed by atoms with Gasteiger partial charge >= 0.3 is 96.6 Å². The average Bonchev–Trinajstić information content (AvgIpc) is 2.30. The van der Waals surface area contributed by atoms with Gasteiger partial charge in [-0.3, -0.25) is 0 Å². The van der Waals surface area contributed by atoms with Gasteiger partial charge in [0.2, 0.25) is 0 Å². The van der Waals surface area contributed by atoms with E-state index in [9.17, 15) is 0 Å². The van der Waals surface area contributed by atoms with Crippen molar-refractivity contribution in [3.8, 4) is 0 Å². The van der Waals surface area contributed by atoms with E-state index in [-0.39, 0.29) is 40.0 Å². The van der Waals surface area contributed by atoms with Gasteiger partial charge in [0.05, 0.1) is 0 Å². The first kappa shape index (κ1) is 22.8. The zero-order chi connectivity index (χ0) is 13.6. The molecule has 2 rings (SSSR count). The molecule has 20 heavy (non-hydrogen) atoms. The Morgan fingerprint density at radius 2 is 1.15 bits per heavy atom. The van der Waals surface area contributed by atoms with Crippen LogP contribution in [0.5, 0.6) is 0 Å². The molecule has 3 heteroatoms. The number of hydrogen-bond acceptors (Lipinski definition) is 0. The molecular formula is C17H23BrMgSn. The minimum Gasteiger partial charge on any atom is -1.00 e. The molecule has 104 valence electrons. The molecule has 0 bridgehead atoms. The normalized spacial score (nSPS) is 9.45. The van der Waals surface area contributed by atoms with Gasteiger partial charge in [0.1, 0.15) is 0 Å². The average molecular weight is 450 g/mol. The van der Waals surface area contributed by atoms with Crippen LogP contribution in [0.1, 0.15) is 11.1 Å². The SMILES string of the molecule is Cc1cc[c-]cc1.Cc1cc[c]([Sn]([CH3])([CH3])[CH3])cc1.[Br-].[Mg+2]. The van der Waals surface area contributed by atoms with E-state index >= 15 is 0 Å². The van der Waals surface area contributed by atoms with E-state index in [1.165, 1.54) is 11.1 Å². The van der Waals surface area contributed by atoms with Crippen LogP contribution < -0.4 is 20.6 Å². The third kappa shape index (κ3) is 9.43. The Kier molecular flexibility index (Phi) is 12.6. The molecule has 0 heterocycles. The second-order valence-corrected chi connectivity index (χ2v) is 20.2.